The summed E-state index contributed by atoms with van der Waals surface area (Å²) >= 11 is 1.02. The van der Waals surface area contributed by atoms with Gasteiger partial charge in [0.25, 0.3) is 0 Å². The lowest BCUT2D eigenvalue weighted by Crippen LogP contribution is -2.19. The molecule has 0 saturated heterocycles. The number of hydrogen-bond acceptors (Lipinski definition) is 6. The molecule has 1 N–H and O–H groups in total. The van der Waals surface area contributed by atoms with E-state index in [4.69, 9.17) is 9.47 Å². The van der Waals surface area contributed by atoms with Crippen LogP contribution >= 0.6 is 11.3 Å². The second-order valence-electron chi connectivity index (χ2n) is 6.19. The predicted molar refractivity (Wildman–Crippen MR) is 104 cm³/mol. The van der Waals surface area contributed by atoms with Gasteiger partial charge in [0, 0.05) is 5.92 Å². The summed E-state index contributed by atoms with van der Waals surface area (Å²) in [5.74, 6) is -1.63. The molecule has 0 fully saturated rings. The Hall–Kier alpha value is -2.67. The van der Waals surface area contributed by atoms with Crippen molar-refractivity contribution in [1.82, 2.24) is 0 Å². The number of hydrogen-bond donors (Lipinski definition) is 1. The Morgan fingerprint density at radius 2 is 1.74 bits per heavy atom. The normalized spacial score (nSPS) is 10.6. The van der Waals surface area contributed by atoms with Gasteiger partial charge in [-0.25, -0.2) is 9.59 Å². The number of carbonyl (C=O) groups is 3. The lowest BCUT2D eigenvalue weighted by atomic mass is 10.1. The molecule has 0 unspecified atom stereocenters. The summed E-state index contributed by atoms with van der Waals surface area (Å²) in [5.41, 5.74) is 1.50. The molecule has 0 saturated carbocycles. The van der Waals surface area contributed by atoms with Crippen molar-refractivity contribution in [3.05, 3.63) is 51.9 Å². The maximum absolute atomic E-state index is 12.5. The lowest BCUT2D eigenvalue weighted by Gasteiger charge is -2.08. The molecule has 0 aliphatic heterocycles. The molecule has 1 aromatic carbocycles. The number of rotatable bonds is 7. The van der Waals surface area contributed by atoms with Crippen molar-refractivity contribution in [2.75, 3.05) is 11.9 Å². The number of ether oxygens (including phenoxy) is 2. The predicted octanol–water partition coefficient (Wildman–Crippen LogP) is 4.18. The third-order valence-electron chi connectivity index (χ3n) is 3.79. The molecule has 0 atom stereocenters. The monoisotopic (exact) mass is 389 g/mol. The molecular formula is C20H23NO5S. The average Bonchev–Trinajstić information content (AvgIpc) is 2.96. The maximum atomic E-state index is 12.5. The summed E-state index contributed by atoms with van der Waals surface area (Å²) < 4.78 is 10.4. The first-order chi connectivity index (χ1) is 12.8. The third kappa shape index (κ3) is 5.17. The van der Waals surface area contributed by atoms with Crippen molar-refractivity contribution in [2.24, 2.45) is 5.92 Å². The van der Waals surface area contributed by atoms with Crippen molar-refractivity contribution in [3.8, 4) is 0 Å². The zero-order chi connectivity index (χ0) is 20.0. The summed E-state index contributed by atoms with van der Waals surface area (Å²) in [4.78, 5) is 37.2. The molecule has 2 rings (SSSR count). The highest BCUT2D eigenvalue weighted by atomic mass is 32.1. The van der Waals surface area contributed by atoms with Gasteiger partial charge in [0.05, 0.1) is 12.2 Å². The average molecular weight is 389 g/mol. The second-order valence-corrected chi connectivity index (χ2v) is 7.21. The van der Waals surface area contributed by atoms with E-state index in [2.05, 4.69) is 5.32 Å². The summed E-state index contributed by atoms with van der Waals surface area (Å²) in [6.07, 6.45) is 0. The van der Waals surface area contributed by atoms with Gasteiger partial charge in [-0.2, -0.15) is 0 Å². The van der Waals surface area contributed by atoms with E-state index in [1.807, 2.05) is 30.3 Å². The van der Waals surface area contributed by atoms with Crippen LogP contribution in [0.2, 0.25) is 0 Å². The molecule has 1 aromatic heterocycles. The Balaban J connectivity index is 2.28. The first-order valence-electron chi connectivity index (χ1n) is 8.67. The van der Waals surface area contributed by atoms with E-state index in [0.717, 1.165) is 16.9 Å². The van der Waals surface area contributed by atoms with Crippen LogP contribution in [0.15, 0.2) is 30.3 Å². The fourth-order valence-electron chi connectivity index (χ4n) is 2.29. The van der Waals surface area contributed by atoms with Crippen LogP contribution in [0.4, 0.5) is 5.00 Å². The topological polar surface area (TPSA) is 81.7 Å². The van der Waals surface area contributed by atoms with Crippen LogP contribution in [0.3, 0.4) is 0 Å². The van der Waals surface area contributed by atoms with Gasteiger partial charge in [0.15, 0.2) is 0 Å². The number of carbonyl (C=O) groups excluding carboxylic acids is 3. The largest absolute Gasteiger partial charge is 0.462 e. The van der Waals surface area contributed by atoms with E-state index < -0.39 is 11.9 Å². The van der Waals surface area contributed by atoms with Crippen molar-refractivity contribution < 1.29 is 23.9 Å². The lowest BCUT2D eigenvalue weighted by molar-refractivity contribution is -0.118. The molecule has 0 bridgehead atoms. The van der Waals surface area contributed by atoms with E-state index in [9.17, 15) is 14.4 Å². The van der Waals surface area contributed by atoms with Gasteiger partial charge < -0.3 is 14.8 Å². The van der Waals surface area contributed by atoms with E-state index in [1.165, 1.54) is 0 Å². The first-order valence-corrected chi connectivity index (χ1v) is 9.49. The molecule has 7 heteroatoms. The summed E-state index contributed by atoms with van der Waals surface area (Å²) in [7, 11) is 0. The number of anilines is 1. The van der Waals surface area contributed by atoms with Crippen molar-refractivity contribution >= 4 is 34.2 Å². The van der Waals surface area contributed by atoms with Crippen LogP contribution in [0.5, 0.6) is 0 Å². The fourth-order valence-corrected chi connectivity index (χ4v) is 3.38. The highest BCUT2D eigenvalue weighted by Gasteiger charge is 2.27. The van der Waals surface area contributed by atoms with Gasteiger partial charge in [-0.15, -0.1) is 11.3 Å². The van der Waals surface area contributed by atoms with Crippen LogP contribution in [0.1, 0.15) is 51.9 Å². The standard InChI is InChI=1S/C20H23NO5S/c1-5-25-19(23)15-13(4)16(27-18(15)21-17(22)12(2)3)20(24)26-11-14-9-7-6-8-10-14/h6-10,12H,5,11H2,1-4H3,(H,21,22). The highest BCUT2D eigenvalue weighted by Crippen LogP contribution is 2.34. The molecule has 1 amide bonds. The van der Waals surface area contributed by atoms with E-state index in [0.29, 0.717) is 10.6 Å². The second kappa shape index (κ2) is 9.32. The van der Waals surface area contributed by atoms with Gasteiger partial charge >= 0.3 is 11.9 Å². The van der Waals surface area contributed by atoms with Crippen LogP contribution in [-0.4, -0.2) is 24.5 Å². The Kier molecular flexibility index (Phi) is 7.12. The molecule has 6 nitrogen and oxygen atoms in total. The number of esters is 2. The summed E-state index contributed by atoms with van der Waals surface area (Å²) in [5, 5.41) is 3.01. The number of amides is 1. The Labute approximate surface area is 162 Å². The van der Waals surface area contributed by atoms with E-state index >= 15 is 0 Å². The molecular weight excluding hydrogens is 366 g/mol. The smallest absolute Gasteiger partial charge is 0.349 e. The van der Waals surface area contributed by atoms with Crippen LogP contribution in [-0.2, 0) is 20.9 Å². The SMILES string of the molecule is CCOC(=O)c1c(NC(=O)C(C)C)sc(C(=O)OCc2ccccc2)c1C. The first kappa shape index (κ1) is 20.6. The highest BCUT2D eigenvalue weighted by molar-refractivity contribution is 7.18. The summed E-state index contributed by atoms with van der Waals surface area (Å²) in [6.45, 7) is 7.15. The quantitative estimate of drug-likeness (QED) is 0.718. The number of thiophene rings is 1. The van der Waals surface area contributed by atoms with E-state index in [1.54, 1.807) is 27.7 Å². The van der Waals surface area contributed by atoms with Crippen LogP contribution in [0.25, 0.3) is 0 Å². The zero-order valence-corrected chi connectivity index (χ0v) is 16.6. The molecule has 0 aliphatic carbocycles. The molecule has 144 valence electrons. The molecule has 2 aromatic rings. The van der Waals surface area contributed by atoms with Crippen molar-refractivity contribution in [3.63, 3.8) is 0 Å². The number of nitrogens with one attached hydrogen (secondary N) is 1. The Bertz CT molecular complexity index is 826. The molecule has 0 spiro atoms. The van der Waals surface area contributed by atoms with Crippen molar-refractivity contribution in [2.45, 2.75) is 34.3 Å². The fraction of sp³-hybridized carbons (Fsp3) is 0.350. The molecule has 0 radical (unpaired) electrons. The van der Waals surface area contributed by atoms with Crippen LogP contribution < -0.4 is 5.32 Å². The third-order valence-corrected chi connectivity index (χ3v) is 4.97. The zero-order valence-electron chi connectivity index (χ0n) is 15.8. The minimum atomic E-state index is -0.576. The number of benzene rings is 1. The van der Waals surface area contributed by atoms with Crippen LogP contribution in [0, 0.1) is 12.8 Å². The molecule has 0 aliphatic rings. The molecule has 1 heterocycles. The summed E-state index contributed by atoms with van der Waals surface area (Å²) in [6, 6.07) is 9.31. The maximum Gasteiger partial charge on any atom is 0.349 e. The van der Waals surface area contributed by atoms with Gasteiger partial charge in [-0.1, -0.05) is 44.2 Å². The minimum absolute atomic E-state index is 0.124. The van der Waals surface area contributed by atoms with Crippen molar-refractivity contribution in [1.29, 1.82) is 0 Å². The van der Waals surface area contributed by atoms with Gasteiger partial charge in [0.1, 0.15) is 16.5 Å². The van der Waals surface area contributed by atoms with Gasteiger partial charge in [-0.05, 0) is 25.0 Å². The Morgan fingerprint density at radius 3 is 2.33 bits per heavy atom. The molecule has 27 heavy (non-hydrogen) atoms. The van der Waals surface area contributed by atoms with Gasteiger partial charge in [-0.3, -0.25) is 4.79 Å². The minimum Gasteiger partial charge on any atom is -0.462 e. The Morgan fingerprint density at radius 1 is 1.07 bits per heavy atom. The van der Waals surface area contributed by atoms with E-state index in [-0.39, 0.29) is 35.5 Å². The van der Waals surface area contributed by atoms with Gasteiger partial charge in [0.2, 0.25) is 5.91 Å².